The number of rotatable bonds is 4. The number of piperidine rings is 1. The average molecular weight is 287 g/mol. The molecule has 1 saturated heterocycles. The molecule has 2 rings (SSSR count). The van der Waals surface area contributed by atoms with Gasteiger partial charge in [0, 0.05) is 24.9 Å². The molecule has 2 unspecified atom stereocenters. The van der Waals surface area contributed by atoms with Crippen LogP contribution in [0.4, 0.5) is 0 Å². The van der Waals surface area contributed by atoms with Gasteiger partial charge in [-0.15, -0.1) is 0 Å². The molecule has 1 saturated carbocycles. The van der Waals surface area contributed by atoms with Crippen molar-refractivity contribution in [3.05, 3.63) is 0 Å². The van der Waals surface area contributed by atoms with Crippen LogP contribution >= 0.6 is 0 Å². The second kappa shape index (κ2) is 5.92. The summed E-state index contributed by atoms with van der Waals surface area (Å²) >= 11 is 0. The van der Waals surface area contributed by atoms with Crippen LogP contribution in [0.2, 0.25) is 0 Å². The maximum absolute atomic E-state index is 12.5. The first-order valence-electron chi connectivity index (χ1n) is 7.44. The summed E-state index contributed by atoms with van der Waals surface area (Å²) in [6, 6.07) is -0.0625. The quantitative estimate of drug-likeness (QED) is 0.796. The van der Waals surface area contributed by atoms with Gasteiger partial charge in [-0.1, -0.05) is 20.3 Å². The molecular weight excluding hydrogens is 262 g/mol. The summed E-state index contributed by atoms with van der Waals surface area (Å²) < 4.78 is 26.6. The van der Waals surface area contributed by atoms with Crippen molar-refractivity contribution in [3.63, 3.8) is 0 Å². The van der Waals surface area contributed by atoms with E-state index < -0.39 is 10.0 Å². The zero-order valence-corrected chi connectivity index (χ0v) is 12.8. The SMILES string of the molecule is CC(C)CS(=O)(=O)N1CCCCC1C1CCCC1=O. The summed E-state index contributed by atoms with van der Waals surface area (Å²) in [5.74, 6) is 0.565. The molecule has 0 amide bonds. The van der Waals surface area contributed by atoms with Gasteiger partial charge in [0.25, 0.3) is 0 Å². The van der Waals surface area contributed by atoms with Gasteiger partial charge in [0.2, 0.25) is 10.0 Å². The van der Waals surface area contributed by atoms with Crippen LogP contribution in [0.3, 0.4) is 0 Å². The minimum absolute atomic E-state index is 0.0396. The first-order valence-corrected chi connectivity index (χ1v) is 9.05. The summed E-state index contributed by atoms with van der Waals surface area (Å²) in [7, 11) is -3.21. The van der Waals surface area contributed by atoms with Gasteiger partial charge in [-0.3, -0.25) is 4.79 Å². The van der Waals surface area contributed by atoms with Crippen LogP contribution in [-0.4, -0.2) is 36.8 Å². The summed E-state index contributed by atoms with van der Waals surface area (Å²) in [5.41, 5.74) is 0. The first-order chi connectivity index (χ1) is 8.92. The summed E-state index contributed by atoms with van der Waals surface area (Å²) in [6.45, 7) is 4.46. The highest BCUT2D eigenvalue weighted by molar-refractivity contribution is 7.89. The van der Waals surface area contributed by atoms with Gasteiger partial charge >= 0.3 is 0 Å². The fourth-order valence-corrected chi connectivity index (χ4v) is 5.55. The van der Waals surface area contributed by atoms with E-state index in [0.717, 1.165) is 32.1 Å². The normalized spacial score (nSPS) is 30.2. The molecule has 0 bridgehead atoms. The summed E-state index contributed by atoms with van der Waals surface area (Å²) in [6.07, 6.45) is 5.26. The van der Waals surface area contributed by atoms with Crippen LogP contribution in [0.1, 0.15) is 52.4 Å². The third-order valence-corrected chi connectivity index (χ3v) is 6.47. The number of hydrogen-bond acceptors (Lipinski definition) is 3. The van der Waals surface area contributed by atoms with Crippen molar-refractivity contribution in [2.24, 2.45) is 11.8 Å². The average Bonchev–Trinajstić information content (AvgIpc) is 2.74. The second-order valence-electron chi connectivity index (χ2n) is 6.31. The van der Waals surface area contributed by atoms with Crippen LogP contribution in [0.5, 0.6) is 0 Å². The third kappa shape index (κ3) is 3.37. The van der Waals surface area contributed by atoms with Crippen LogP contribution in [0, 0.1) is 11.8 Å². The van der Waals surface area contributed by atoms with Gasteiger partial charge < -0.3 is 0 Å². The summed E-state index contributed by atoms with van der Waals surface area (Å²) in [5, 5.41) is 0. The molecule has 1 heterocycles. The topological polar surface area (TPSA) is 54.5 Å². The smallest absolute Gasteiger partial charge is 0.214 e. The van der Waals surface area contributed by atoms with E-state index in [0.29, 0.717) is 13.0 Å². The molecule has 4 nitrogen and oxygen atoms in total. The fraction of sp³-hybridized carbons (Fsp3) is 0.929. The van der Waals surface area contributed by atoms with Crippen LogP contribution in [0.15, 0.2) is 0 Å². The van der Waals surface area contributed by atoms with Gasteiger partial charge in [-0.05, 0) is 31.6 Å². The molecule has 0 N–H and O–H groups in total. The van der Waals surface area contributed by atoms with E-state index in [1.54, 1.807) is 4.31 Å². The van der Waals surface area contributed by atoms with Crippen molar-refractivity contribution in [2.75, 3.05) is 12.3 Å². The number of nitrogens with zero attached hydrogens (tertiary/aromatic N) is 1. The van der Waals surface area contributed by atoms with E-state index in [9.17, 15) is 13.2 Å². The molecule has 1 aliphatic heterocycles. The van der Waals surface area contributed by atoms with E-state index in [-0.39, 0.29) is 29.4 Å². The molecule has 110 valence electrons. The van der Waals surface area contributed by atoms with Crippen LogP contribution in [0.25, 0.3) is 0 Å². The zero-order valence-electron chi connectivity index (χ0n) is 12.0. The Morgan fingerprint density at radius 1 is 1.21 bits per heavy atom. The van der Waals surface area contributed by atoms with E-state index >= 15 is 0 Å². The molecule has 2 atom stereocenters. The Hall–Kier alpha value is -0.420. The predicted molar refractivity (Wildman–Crippen MR) is 75.3 cm³/mol. The Labute approximate surface area is 116 Å². The summed E-state index contributed by atoms with van der Waals surface area (Å²) in [4.78, 5) is 11.9. The lowest BCUT2D eigenvalue weighted by molar-refractivity contribution is -0.122. The Balaban J connectivity index is 2.18. The number of Topliss-reactive ketones (excluding diaryl/α,β-unsaturated/α-hetero) is 1. The van der Waals surface area contributed by atoms with Gasteiger partial charge in [0.1, 0.15) is 5.78 Å². The zero-order chi connectivity index (χ0) is 14.0. The molecular formula is C14H25NO3S. The standard InChI is InChI=1S/C14H25NO3S/c1-11(2)10-19(17,18)15-9-4-3-7-13(15)12-6-5-8-14(12)16/h11-13H,3-10H2,1-2H3. The Bertz CT molecular complexity index is 430. The van der Waals surface area contributed by atoms with Gasteiger partial charge in [0.15, 0.2) is 0 Å². The molecule has 2 fully saturated rings. The molecule has 0 radical (unpaired) electrons. The van der Waals surface area contributed by atoms with E-state index in [2.05, 4.69) is 0 Å². The molecule has 5 heteroatoms. The minimum Gasteiger partial charge on any atom is -0.299 e. The maximum Gasteiger partial charge on any atom is 0.214 e. The number of sulfonamides is 1. The first kappa shape index (κ1) is 15.0. The highest BCUT2D eigenvalue weighted by Crippen LogP contribution is 2.34. The second-order valence-corrected chi connectivity index (χ2v) is 8.28. The number of ketones is 1. The molecule has 19 heavy (non-hydrogen) atoms. The predicted octanol–water partition coefficient (Wildman–Crippen LogP) is 2.20. The molecule has 0 aromatic carbocycles. The maximum atomic E-state index is 12.5. The fourth-order valence-electron chi connectivity index (χ4n) is 3.44. The number of hydrogen-bond donors (Lipinski definition) is 0. The van der Waals surface area contributed by atoms with E-state index in [4.69, 9.17) is 0 Å². The number of carbonyl (C=O) groups excluding carboxylic acids is 1. The Morgan fingerprint density at radius 2 is 1.95 bits per heavy atom. The van der Waals surface area contributed by atoms with Crippen molar-refractivity contribution in [2.45, 2.75) is 58.4 Å². The lowest BCUT2D eigenvalue weighted by atomic mass is 9.90. The van der Waals surface area contributed by atoms with Crippen molar-refractivity contribution < 1.29 is 13.2 Å². The highest BCUT2D eigenvalue weighted by atomic mass is 32.2. The Morgan fingerprint density at radius 3 is 2.53 bits per heavy atom. The van der Waals surface area contributed by atoms with Crippen molar-refractivity contribution in [1.82, 2.24) is 4.31 Å². The molecule has 0 aromatic heterocycles. The Kier molecular flexibility index (Phi) is 4.66. The van der Waals surface area contributed by atoms with Crippen molar-refractivity contribution >= 4 is 15.8 Å². The van der Waals surface area contributed by atoms with E-state index in [1.165, 1.54) is 0 Å². The van der Waals surface area contributed by atoms with Crippen molar-refractivity contribution in [1.29, 1.82) is 0 Å². The lowest BCUT2D eigenvalue weighted by Gasteiger charge is -2.38. The van der Waals surface area contributed by atoms with Crippen LogP contribution < -0.4 is 0 Å². The molecule has 2 aliphatic rings. The van der Waals surface area contributed by atoms with Gasteiger partial charge in [-0.25, -0.2) is 8.42 Å². The monoisotopic (exact) mass is 287 g/mol. The molecule has 0 spiro atoms. The molecule has 0 aromatic rings. The largest absolute Gasteiger partial charge is 0.299 e. The van der Waals surface area contributed by atoms with Gasteiger partial charge in [0.05, 0.1) is 5.75 Å². The van der Waals surface area contributed by atoms with Gasteiger partial charge in [-0.2, -0.15) is 4.31 Å². The molecule has 1 aliphatic carbocycles. The van der Waals surface area contributed by atoms with E-state index in [1.807, 2.05) is 13.8 Å². The van der Waals surface area contributed by atoms with Crippen LogP contribution in [-0.2, 0) is 14.8 Å². The number of carbonyl (C=O) groups is 1. The van der Waals surface area contributed by atoms with Crippen molar-refractivity contribution in [3.8, 4) is 0 Å². The third-order valence-electron chi connectivity index (χ3n) is 4.22. The minimum atomic E-state index is -3.21. The highest BCUT2D eigenvalue weighted by Gasteiger charge is 2.41. The lowest BCUT2D eigenvalue weighted by Crippen LogP contribution is -2.49.